The molecule has 0 aliphatic heterocycles. The Morgan fingerprint density at radius 3 is 2.25 bits per heavy atom. The molecule has 0 aliphatic rings. The first-order chi connectivity index (χ1) is 13.2. The molecule has 0 spiro atoms. The molecule has 0 bridgehead atoms. The number of hydrogen-bond donors (Lipinski definition) is 0. The van der Waals surface area contributed by atoms with Crippen LogP contribution in [0.5, 0.6) is 11.5 Å². The highest BCUT2D eigenvalue weighted by Gasteiger charge is 2.25. The van der Waals surface area contributed by atoms with Gasteiger partial charge < -0.3 is 9.47 Å². The van der Waals surface area contributed by atoms with Crippen molar-refractivity contribution < 1.29 is 23.5 Å². The zero-order valence-electron chi connectivity index (χ0n) is 16.1. The lowest BCUT2D eigenvalue weighted by Gasteiger charge is -2.15. The summed E-state index contributed by atoms with van der Waals surface area (Å²) < 4.78 is 23.5. The first-order valence-electron chi connectivity index (χ1n) is 8.48. The molecular formula is C22H20FNO4. The molecule has 0 N–H and O–H groups in total. The normalized spacial score (nSPS) is 11.5. The topological polar surface area (TPSA) is 76.4 Å². The van der Waals surface area contributed by atoms with Gasteiger partial charge in [0.2, 0.25) is 0 Å². The van der Waals surface area contributed by atoms with Crippen molar-refractivity contribution in [3.63, 3.8) is 0 Å². The van der Waals surface area contributed by atoms with Gasteiger partial charge in [-0.25, -0.2) is 9.18 Å². The van der Waals surface area contributed by atoms with Crippen molar-refractivity contribution in [1.82, 2.24) is 0 Å². The Balaban J connectivity index is 2.30. The number of Topliss-reactive ketones (excluding diaryl/α,β-unsaturated/α-hetero) is 1. The first-order valence-corrected chi connectivity index (χ1v) is 8.48. The van der Waals surface area contributed by atoms with Crippen LogP contribution in [0.1, 0.15) is 36.7 Å². The Morgan fingerprint density at radius 2 is 1.71 bits per heavy atom. The van der Waals surface area contributed by atoms with Crippen LogP contribution in [-0.4, -0.2) is 18.9 Å². The number of hydrogen-bond acceptors (Lipinski definition) is 5. The molecule has 0 unspecified atom stereocenters. The smallest absolute Gasteiger partial charge is 0.343 e. The Labute approximate surface area is 163 Å². The molecule has 0 aliphatic carbocycles. The fourth-order valence-corrected chi connectivity index (χ4v) is 2.32. The minimum atomic E-state index is -0.684. The van der Waals surface area contributed by atoms with Gasteiger partial charge in [-0.05, 0) is 48.0 Å². The van der Waals surface area contributed by atoms with Crippen LogP contribution < -0.4 is 9.47 Å². The van der Waals surface area contributed by atoms with Crippen molar-refractivity contribution in [3.05, 3.63) is 65.0 Å². The summed E-state index contributed by atoms with van der Waals surface area (Å²) in [5.41, 5.74) is 0.0733. The molecule has 2 aromatic rings. The number of ketones is 1. The highest BCUT2D eigenvalue weighted by molar-refractivity contribution is 6.06. The van der Waals surface area contributed by atoms with Gasteiger partial charge in [0.1, 0.15) is 11.9 Å². The maximum atomic E-state index is 13.0. The van der Waals surface area contributed by atoms with Gasteiger partial charge in [0.15, 0.2) is 17.3 Å². The SMILES string of the molecule is COc1cc(/C=C(\C#N)C(=O)C(C)(C)C)ccc1OC(=O)c1ccc(F)cc1. The lowest BCUT2D eigenvalue weighted by molar-refractivity contribution is -0.121. The third-order valence-corrected chi connectivity index (χ3v) is 3.83. The van der Waals surface area contributed by atoms with Crippen LogP contribution in [0.25, 0.3) is 6.08 Å². The van der Waals surface area contributed by atoms with Crippen molar-refractivity contribution in [2.45, 2.75) is 20.8 Å². The van der Waals surface area contributed by atoms with Gasteiger partial charge in [-0.1, -0.05) is 26.8 Å². The maximum Gasteiger partial charge on any atom is 0.343 e. The summed E-state index contributed by atoms with van der Waals surface area (Å²) in [6.45, 7) is 5.21. The van der Waals surface area contributed by atoms with E-state index in [4.69, 9.17) is 9.47 Å². The number of benzene rings is 2. The number of methoxy groups -OCH3 is 1. The number of rotatable bonds is 5. The minimum Gasteiger partial charge on any atom is -0.493 e. The van der Waals surface area contributed by atoms with Crippen LogP contribution in [0.3, 0.4) is 0 Å². The van der Waals surface area contributed by atoms with Gasteiger partial charge in [0.05, 0.1) is 18.2 Å². The van der Waals surface area contributed by atoms with E-state index in [2.05, 4.69) is 0 Å². The monoisotopic (exact) mass is 381 g/mol. The number of ether oxygens (including phenoxy) is 2. The minimum absolute atomic E-state index is 0.0191. The number of esters is 1. The van der Waals surface area contributed by atoms with Crippen molar-refractivity contribution in [2.75, 3.05) is 7.11 Å². The maximum absolute atomic E-state index is 13.0. The molecule has 6 heteroatoms. The van der Waals surface area contributed by atoms with Gasteiger partial charge in [0.25, 0.3) is 0 Å². The molecule has 0 fully saturated rings. The molecule has 2 rings (SSSR count). The second-order valence-electron chi connectivity index (χ2n) is 7.06. The Morgan fingerprint density at radius 1 is 1.07 bits per heavy atom. The predicted octanol–water partition coefficient (Wildman–Crippen LogP) is 4.58. The second-order valence-corrected chi connectivity index (χ2v) is 7.06. The highest BCUT2D eigenvalue weighted by atomic mass is 19.1. The summed E-state index contributed by atoms with van der Waals surface area (Å²) >= 11 is 0. The van der Waals surface area contributed by atoms with E-state index in [0.717, 1.165) is 12.1 Å². The average Bonchev–Trinajstić information content (AvgIpc) is 2.66. The van der Waals surface area contributed by atoms with Crippen molar-refractivity contribution >= 4 is 17.8 Å². The van der Waals surface area contributed by atoms with Gasteiger partial charge in [-0.3, -0.25) is 4.79 Å². The molecule has 0 heterocycles. The number of allylic oxidation sites excluding steroid dienone is 1. The molecule has 28 heavy (non-hydrogen) atoms. The number of halogens is 1. The molecule has 0 saturated carbocycles. The zero-order valence-corrected chi connectivity index (χ0v) is 16.1. The van der Waals surface area contributed by atoms with Gasteiger partial charge >= 0.3 is 5.97 Å². The molecular weight excluding hydrogens is 361 g/mol. The molecule has 0 amide bonds. The van der Waals surface area contributed by atoms with Crippen molar-refractivity contribution in [2.24, 2.45) is 5.41 Å². The first kappa shape index (κ1) is 20.8. The van der Waals surface area contributed by atoms with E-state index in [1.54, 1.807) is 32.9 Å². The molecule has 0 atom stereocenters. The second kappa shape index (κ2) is 8.49. The number of nitriles is 1. The lowest BCUT2D eigenvalue weighted by Crippen LogP contribution is -2.21. The van der Waals surface area contributed by atoms with Gasteiger partial charge in [0, 0.05) is 5.41 Å². The third kappa shape index (κ3) is 5.04. The molecule has 0 radical (unpaired) electrons. The molecule has 2 aromatic carbocycles. The van der Waals surface area contributed by atoms with E-state index in [1.807, 2.05) is 6.07 Å². The quantitative estimate of drug-likeness (QED) is 0.328. The Hall–Kier alpha value is -3.46. The number of carbonyl (C=O) groups excluding carboxylic acids is 2. The summed E-state index contributed by atoms with van der Waals surface area (Å²) in [7, 11) is 1.41. The largest absolute Gasteiger partial charge is 0.493 e. The fourth-order valence-electron chi connectivity index (χ4n) is 2.32. The fraction of sp³-hybridized carbons (Fsp3) is 0.227. The standard InChI is InChI=1S/C22H20FNO4/c1-22(2,3)20(25)16(13-24)11-14-5-10-18(19(12-14)27-4)28-21(26)15-6-8-17(23)9-7-15/h5-12H,1-4H3/b16-11+. The number of nitrogens with zero attached hydrogens (tertiary/aromatic N) is 1. The van der Waals surface area contributed by atoms with E-state index in [1.165, 1.54) is 31.4 Å². The third-order valence-electron chi connectivity index (χ3n) is 3.83. The lowest BCUT2D eigenvalue weighted by atomic mass is 9.86. The van der Waals surface area contributed by atoms with E-state index in [0.29, 0.717) is 5.56 Å². The summed E-state index contributed by atoms with van der Waals surface area (Å²) in [4.78, 5) is 24.5. The van der Waals surface area contributed by atoms with E-state index >= 15 is 0 Å². The van der Waals surface area contributed by atoms with Crippen LogP contribution >= 0.6 is 0 Å². The zero-order chi connectivity index (χ0) is 20.9. The molecule has 0 saturated heterocycles. The van der Waals surface area contributed by atoms with Gasteiger partial charge in [-0.2, -0.15) is 5.26 Å². The van der Waals surface area contributed by atoms with E-state index < -0.39 is 17.2 Å². The summed E-state index contributed by atoms with van der Waals surface area (Å²) in [6.07, 6.45) is 1.46. The van der Waals surface area contributed by atoms with Crippen LogP contribution in [0, 0.1) is 22.6 Å². The molecule has 0 aromatic heterocycles. The van der Waals surface area contributed by atoms with E-state index in [9.17, 15) is 19.2 Å². The average molecular weight is 381 g/mol. The van der Waals surface area contributed by atoms with Crippen molar-refractivity contribution in [3.8, 4) is 17.6 Å². The van der Waals surface area contributed by atoms with Crippen LogP contribution in [0.15, 0.2) is 48.0 Å². The molecule has 5 nitrogen and oxygen atoms in total. The van der Waals surface area contributed by atoms with Crippen LogP contribution in [0.4, 0.5) is 4.39 Å². The van der Waals surface area contributed by atoms with Crippen molar-refractivity contribution in [1.29, 1.82) is 5.26 Å². The Bertz CT molecular complexity index is 964. The van der Waals surface area contributed by atoms with Crippen LogP contribution in [-0.2, 0) is 4.79 Å². The van der Waals surface area contributed by atoms with E-state index in [-0.39, 0.29) is 28.4 Å². The summed E-state index contributed by atoms with van der Waals surface area (Å²) in [5, 5.41) is 9.30. The van der Waals surface area contributed by atoms with Crippen LogP contribution in [0.2, 0.25) is 0 Å². The predicted molar refractivity (Wildman–Crippen MR) is 102 cm³/mol. The highest BCUT2D eigenvalue weighted by Crippen LogP contribution is 2.30. The number of carbonyl (C=O) groups is 2. The Kier molecular flexibility index (Phi) is 6.32. The summed E-state index contributed by atoms with van der Waals surface area (Å²) in [6, 6.07) is 11.5. The summed E-state index contributed by atoms with van der Waals surface area (Å²) in [5.74, 6) is -0.981. The molecule has 144 valence electrons. The van der Waals surface area contributed by atoms with Gasteiger partial charge in [-0.15, -0.1) is 0 Å².